The van der Waals surface area contributed by atoms with Gasteiger partial charge in [-0.25, -0.2) is 0 Å². The minimum Gasteiger partial charge on any atom is -0.496 e. The number of non-ortho nitro benzene ring substituents is 1. The summed E-state index contributed by atoms with van der Waals surface area (Å²) >= 11 is 0. The Morgan fingerprint density at radius 1 is 1.27 bits per heavy atom. The van der Waals surface area contributed by atoms with E-state index in [1.54, 1.807) is 31.4 Å². The molecule has 6 nitrogen and oxygen atoms in total. The fourth-order valence-electron chi connectivity index (χ4n) is 2.55. The molecule has 2 aromatic rings. The molecule has 1 aliphatic carbocycles. The van der Waals surface area contributed by atoms with Crippen molar-refractivity contribution in [2.75, 3.05) is 7.11 Å². The summed E-state index contributed by atoms with van der Waals surface area (Å²) in [6, 6.07) is 11.6. The third-order valence-electron chi connectivity index (χ3n) is 4.15. The highest BCUT2D eigenvalue weighted by molar-refractivity contribution is 5.96. The quantitative estimate of drug-likeness (QED) is 0.404. The molecule has 0 atom stereocenters. The summed E-state index contributed by atoms with van der Waals surface area (Å²) in [5.74, 6) is 1.42. The Morgan fingerprint density at radius 2 is 2.08 bits per heavy atom. The van der Waals surface area contributed by atoms with Crippen LogP contribution in [0.2, 0.25) is 0 Å². The van der Waals surface area contributed by atoms with Crippen LogP contribution in [0, 0.1) is 16.0 Å². The van der Waals surface area contributed by atoms with Crippen molar-refractivity contribution in [2.45, 2.75) is 19.4 Å². The zero-order chi connectivity index (χ0) is 18.5. The number of carbonyl (C=O) groups is 1. The Morgan fingerprint density at radius 3 is 2.77 bits per heavy atom. The maximum absolute atomic E-state index is 11.8. The number of ether oxygens (including phenoxy) is 2. The first-order valence-corrected chi connectivity index (χ1v) is 8.33. The molecule has 6 heteroatoms. The largest absolute Gasteiger partial charge is 0.496 e. The van der Waals surface area contributed by atoms with Gasteiger partial charge in [0.25, 0.3) is 5.69 Å². The summed E-state index contributed by atoms with van der Waals surface area (Å²) in [5.41, 5.74) is 1.64. The van der Waals surface area contributed by atoms with Crippen LogP contribution in [-0.2, 0) is 11.4 Å². The number of hydrogen-bond acceptors (Lipinski definition) is 5. The first kappa shape index (κ1) is 17.7. The molecule has 0 radical (unpaired) electrons. The van der Waals surface area contributed by atoms with Crippen LogP contribution in [0.15, 0.2) is 48.5 Å². The van der Waals surface area contributed by atoms with Crippen molar-refractivity contribution < 1.29 is 19.2 Å². The molecule has 3 rings (SSSR count). The number of nitro benzene ring substituents is 1. The molecule has 0 unspecified atom stereocenters. The molecule has 0 saturated heterocycles. The van der Waals surface area contributed by atoms with Gasteiger partial charge in [0.05, 0.1) is 18.1 Å². The number of carbonyl (C=O) groups excluding carboxylic acids is 1. The summed E-state index contributed by atoms with van der Waals surface area (Å²) in [4.78, 5) is 22.2. The number of nitrogens with zero attached hydrogens (tertiary/aromatic N) is 1. The van der Waals surface area contributed by atoms with Gasteiger partial charge < -0.3 is 9.47 Å². The predicted octanol–water partition coefficient (Wildman–Crippen LogP) is 4.17. The van der Waals surface area contributed by atoms with Gasteiger partial charge in [0.1, 0.15) is 18.1 Å². The molecule has 0 bridgehead atoms. The van der Waals surface area contributed by atoms with Crippen molar-refractivity contribution in [3.05, 3.63) is 69.8 Å². The molecule has 1 fully saturated rings. The van der Waals surface area contributed by atoms with Crippen molar-refractivity contribution in [3.63, 3.8) is 0 Å². The lowest BCUT2D eigenvalue weighted by atomic mass is 10.1. The van der Waals surface area contributed by atoms with E-state index in [0.717, 1.165) is 24.0 Å². The van der Waals surface area contributed by atoms with E-state index in [-0.39, 0.29) is 24.0 Å². The SMILES string of the molecule is COc1ccc(/C=C/C(=O)C2CC2)cc1COc1cccc([N+](=O)[O-])c1. The fraction of sp³-hybridized carbons (Fsp3) is 0.250. The van der Waals surface area contributed by atoms with Gasteiger partial charge in [-0.15, -0.1) is 0 Å². The number of ketones is 1. The van der Waals surface area contributed by atoms with Gasteiger partial charge >= 0.3 is 0 Å². The van der Waals surface area contributed by atoms with Crippen molar-refractivity contribution in [1.82, 2.24) is 0 Å². The van der Waals surface area contributed by atoms with Crippen LogP contribution in [0.4, 0.5) is 5.69 Å². The summed E-state index contributed by atoms with van der Waals surface area (Å²) in [7, 11) is 1.57. The average Bonchev–Trinajstić information content (AvgIpc) is 3.50. The lowest BCUT2D eigenvalue weighted by Crippen LogP contribution is -2.00. The first-order valence-electron chi connectivity index (χ1n) is 8.33. The van der Waals surface area contributed by atoms with Crippen LogP contribution in [0.1, 0.15) is 24.0 Å². The Hall–Kier alpha value is -3.15. The topological polar surface area (TPSA) is 78.7 Å². The smallest absolute Gasteiger partial charge is 0.273 e. The third-order valence-corrected chi connectivity index (χ3v) is 4.15. The minimum absolute atomic E-state index is 0.0234. The van der Waals surface area contributed by atoms with Gasteiger partial charge in [0.2, 0.25) is 0 Å². The number of nitro groups is 1. The lowest BCUT2D eigenvalue weighted by molar-refractivity contribution is -0.384. The van der Waals surface area contributed by atoms with Crippen molar-refractivity contribution in [3.8, 4) is 11.5 Å². The second kappa shape index (κ2) is 7.82. The molecule has 1 saturated carbocycles. The highest BCUT2D eigenvalue weighted by atomic mass is 16.6. The van der Waals surface area contributed by atoms with Gasteiger partial charge in [-0.1, -0.05) is 18.2 Å². The number of hydrogen-bond donors (Lipinski definition) is 0. The molecule has 26 heavy (non-hydrogen) atoms. The van der Waals surface area contributed by atoms with Gasteiger partial charge in [0.15, 0.2) is 5.78 Å². The van der Waals surface area contributed by atoms with Crippen LogP contribution in [0.3, 0.4) is 0 Å². The molecule has 0 amide bonds. The van der Waals surface area contributed by atoms with E-state index in [2.05, 4.69) is 0 Å². The van der Waals surface area contributed by atoms with Gasteiger partial charge in [0, 0.05) is 17.5 Å². The number of rotatable bonds is 8. The summed E-state index contributed by atoms with van der Waals surface area (Å²) < 4.78 is 11.0. The highest BCUT2D eigenvalue weighted by Crippen LogP contribution is 2.30. The zero-order valence-corrected chi connectivity index (χ0v) is 14.4. The average molecular weight is 353 g/mol. The zero-order valence-electron chi connectivity index (χ0n) is 14.4. The molecule has 0 spiro atoms. The Labute approximate surface area is 151 Å². The van der Waals surface area contributed by atoms with Crippen LogP contribution in [0.5, 0.6) is 11.5 Å². The van der Waals surface area contributed by atoms with E-state index in [4.69, 9.17) is 9.47 Å². The number of benzene rings is 2. The second-order valence-electron chi connectivity index (χ2n) is 6.12. The van der Waals surface area contributed by atoms with Gasteiger partial charge in [-0.2, -0.15) is 0 Å². The Balaban J connectivity index is 1.73. The lowest BCUT2D eigenvalue weighted by Gasteiger charge is -2.11. The fourth-order valence-corrected chi connectivity index (χ4v) is 2.55. The van der Waals surface area contributed by atoms with Crippen molar-refractivity contribution in [2.24, 2.45) is 5.92 Å². The number of allylic oxidation sites excluding steroid dienone is 1. The summed E-state index contributed by atoms with van der Waals surface area (Å²) in [6.07, 6.45) is 5.36. The van der Waals surface area contributed by atoms with E-state index < -0.39 is 4.92 Å². The molecule has 0 N–H and O–H groups in total. The normalized spacial score (nSPS) is 13.6. The molecule has 134 valence electrons. The maximum Gasteiger partial charge on any atom is 0.273 e. The second-order valence-corrected chi connectivity index (χ2v) is 6.12. The van der Waals surface area contributed by atoms with Gasteiger partial charge in [-0.05, 0) is 42.7 Å². The monoisotopic (exact) mass is 353 g/mol. The molecular formula is C20H19NO5. The van der Waals surface area contributed by atoms with E-state index >= 15 is 0 Å². The Bertz CT molecular complexity index is 855. The number of methoxy groups -OCH3 is 1. The summed E-state index contributed by atoms with van der Waals surface area (Å²) in [6.45, 7) is 0.197. The first-order chi connectivity index (χ1) is 12.6. The van der Waals surface area contributed by atoms with Crippen molar-refractivity contribution in [1.29, 1.82) is 0 Å². The van der Waals surface area contributed by atoms with Crippen LogP contribution in [0.25, 0.3) is 6.08 Å². The van der Waals surface area contributed by atoms with Gasteiger partial charge in [-0.3, -0.25) is 14.9 Å². The van der Waals surface area contributed by atoms with Crippen molar-refractivity contribution >= 4 is 17.5 Å². The highest BCUT2D eigenvalue weighted by Gasteiger charge is 2.27. The van der Waals surface area contributed by atoms with Crippen LogP contribution < -0.4 is 9.47 Å². The molecule has 0 aliphatic heterocycles. The third kappa shape index (κ3) is 4.47. The molecule has 1 aliphatic rings. The Kier molecular flexibility index (Phi) is 5.31. The summed E-state index contributed by atoms with van der Waals surface area (Å²) in [5, 5.41) is 10.8. The van der Waals surface area contributed by atoms with E-state index in [0.29, 0.717) is 11.5 Å². The molecule has 0 aromatic heterocycles. The molecule has 0 heterocycles. The minimum atomic E-state index is -0.463. The van der Waals surface area contributed by atoms with E-state index in [1.165, 1.54) is 12.1 Å². The van der Waals surface area contributed by atoms with Crippen LogP contribution >= 0.6 is 0 Å². The predicted molar refractivity (Wildman–Crippen MR) is 97.2 cm³/mol. The standard InChI is InChI=1S/C20H19NO5/c1-25-20-10-6-14(5-9-19(22)15-7-8-15)11-16(20)13-26-18-4-2-3-17(12-18)21(23)24/h2-6,9-12,15H,7-8,13H2,1H3/b9-5+. The maximum atomic E-state index is 11.8. The molecular weight excluding hydrogens is 334 g/mol. The molecule has 2 aromatic carbocycles. The van der Waals surface area contributed by atoms with Crippen LogP contribution in [-0.4, -0.2) is 17.8 Å². The van der Waals surface area contributed by atoms with E-state index in [9.17, 15) is 14.9 Å². The van der Waals surface area contributed by atoms with E-state index in [1.807, 2.05) is 18.2 Å².